The SMILES string of the molecule is CC/C=C\C/C=C\C/C=C\C/C=C\C/C=C\C/C=C\C/C=C\C/C=C\CCCCCCCCCCC(=O)NC(COP(=O)(O)OCC[N+](C)(C)C)C(O)/C=C/CC/C=C/CC/C=C/CCCCCCCCCCCCCCCCCCCC. The molecular weight excluding hydrogens is 1040 g/mol. The van der Waals surface area contributed by atoms with Gasteiger partial charge in [0.05, 0.1) is 39.9 Å². The van der Waals surface area contributed by atoms with Gasteiger partial charge in [-0.25, -0.2) is 4.57 Å². The van der Waals surface area contributed by atoms with Crippen LogP contribution in [0.25, 0.3) is 0 Å². The number of nitrogens with zero attached hydrogens (tertiary/aromatic N) is 1. The molecule has 0 heterocycles. The van der Waals surface area contributed by atoms with Crippen LogP contribution < -0.4 is 5.32 Å². The minimum Gasteiger partial charge on any atom is -0.387 e. The molecule has 0 saturated heterocycles. The molecule has 0 spiro atoms. The maximum atomic E-state index is 13.0. The molecule has 0 bridgehead atoms. The Kier molecular flexibility index (Phi) is 60.6. The summed E-state index contributed by atoms with van der Waals surface area (Å²) in [6, 6.07) is -0.886. The number of hydrogen-bond donors (Lipinski definition) is 3. The Labute approximate surface area is 513 Å². The van der Waals surface area contributed by atoms with Crippen molar-refractivity contribution in [3.63, 3.8) is 0 Å². The number of amides is 1. The Hall–Kier alpha value is -3.36. The topological polar surface area (TPSA) is 105 Å². The average molecular weight is 1170 g/mol. The second-order valence-corrected chi connectivity index (χ2v) is 25.3. The second-order valence-electron chi connectivity index (χ2n) is 23.8. The fraction of sp³-hybridized carbons (Fsp3) is 0.689. The molecule has 0 fully saturated rings. The van der Waals surface area contributed by atoms with E-state index in [4.69, 9.17) is 9.05 Å². The van der Waals surface area contributed by atoms with Gasteiger partial charge in [-0.1, -0.05) is 295 Å². The van der Waals surface area contributed by atoms with E-state index in [0.717, 1.165) is 109 Å². The molecule has 3 N–H and O–H groups in total. The summed E-state index contributed by atoms with van der Waals surface area (Å²) in [5, 5.41) is 14.0. The number of hydrogen-bond acceptors (Lipinski definition) is 5. The minimum atomic E-state index is -4.38. The molecule has 0 aliphatic heterocycles. The molecule has 3 unspecified atom stereocenters. The smallest absolute Gasteiger partial charge is 0.387 e. The summed E-state index contributed by atoms with van der Waals surface area (Å²) in [4.78, 5) is 23.4. The van der Waals surface area contributed by atoms with Crippen molar-refractivity contribution in [3.8, 4) is 0 Å². The molecule has 0 aliphatic rings. The standard InChI is InChI=1S/C74H129N2O6P/c1-6-8-10-12-14-16-18-20-22-24-26-28-30-32-34-36-37-38-39-40-42-44-46-48-50-52-54-56-58-60-62-64-66-68-74(78)75-72(71-82-83(79,80)81-70-69-76(3,4)5)73(77)67-65-63-61-59-57-55-53-51-49-47-45-43-41-35-33-31-29-27-25-23-21-19-17-15-13-11-9-7-2/h8,10,14,16,20,22,26,28,32,34,37-38,40,42,46,48-49,51,57,59,65,67,72-73,77H,6-7,9,11-13,15,17-19,21,23-25,27,29-31,33,35-36,39,41,43-45,47,50,52-56,58,60-64,66,68-71H2,1-5H3,(H-,75,78,79,80)/p+1/b10-8-,16-14-,22-20-,28-26-,34-32-,38-37-,42-40-,48-46-,51-49+,59-57+,67-65+. The van der Waals surface area contributed by atoms with Crippen LogP contribution in [0.3, 0.4) is 0 Å². The molecule has 0 aromatic heterocycles. The van der Waals surface area contributed by atoms with Crippen LogP contribution in [0.4, 0.5) is 0 Å². The zero-order chi connectivity index (χ0) is 60.5. The molecule has 1 amide bonds. The van der Waals surface area contributed by atoms with Crippen molar-refractivity contribution in [2.24, 2.45) is 0 Å². The van der Waals surface area contributed by atoms with E-state index in [0.29, 0.717) is 17.4 Å². The van der Waals surface area contributed by atoms with E-state index >= 15 is 0 Å². The van der Waals surface area contributed by atoms with Crippen LogP contribution in [0.1, 0.15) is 277 Å². The number of phosphoric acid groups is 1. The zero-order valence-corrected chi connectivity index (χ0v) is 55.3. The summed E-state index contributed by atoms with van der Waals surface area (Å²) in [7, 11) is 1.53. The van der Waals surface area contributed by atoms with Gasteiger partial charge in [0, 0.05) is 6.42 Å². The molecule has 9 heteroatoms. The molecule has 0 saturated carbocycles. The number of aliphatic hydroxyl groups excluding tert-OH is 1. The molecule has 0 aliphatic carbocycles. The molecule has 8 nitrogen and oxygen atoms in total. The molecule has 0 aromatic carbocycles. The van der Waals surface area contributed by atoms with Gasteiger partial charge >= 0.3 is 7.82 Å². The van der Waals surface area contributed by atoms with Crippen molar-refractivity contribution in [2.45, 2.75) is 289 Å². The zero-order valence-electron chi connectivity index (χ0n) is 54.4. The highest BCUT2D eigenvalue weighted by molar-refractivity contribution is 7.47. The lowest BCUT2D eigenvalue weighted by Crippen LogP contribution is -2.45. The van der Waals surface area contributed by atoms with Crippen molar-refractivity contribution in [1.29, 1.82) is 0 Å². The fourth-order valence-corrected chi connectivity index (χ4v) is 10.1. The van der Waals surface area contributed by atoms with Crippen LogP contribution in [-0.4, -0.2) is 73.4 Å². The van der Waals surface area contributed by atoms with Crippen molar-refractivity contribution < 1.29 is 32.9 Å². The van der Waals surface area contributed by atoms with E-state index < -0.39 is 20.0 Å². The first-order valence-corrected chi connectivity index (χ1v) is 35.6. The normalized spacial score (nSPS) is 14.5. The van der Waals surface area contributed by atoms with Gasteiger partial charge in [0.15, 0.2) is 0 Å². The van der Waals surface area contributed by atoms with Gasteiger partial charge in [0.2, 0.25) is 5.91 Å². The molecule has 83 heavy (non-hydrogen) atoms. The first-order chi connectivity index (χ1) is 40.5. The lowest BCUT2D eigenvalue weighted by Gasteiger charge is -2.25. The molecule has 0 aromatic rings. The summed E-state index contributed by atoms with van der Waals surface area (Å²) in [5.74, 6) is -0.203. The molecule has 0 radical (unpaired) electrons. The number of quaternary nitrogens is 1. The van der Waals surface area contributed by atoms with Crippen LogP contribution in [0.15, 0.2) is 134 Å². The van der Waals surface area contributed by atoms with Crippen molar-refractivity contribution in [2.75, 3.05) is 40.9 Å². The summed E-state index contributed by atoms with van der Waals surface area (Å²) in [6.07, 6.45) is 95.9. The van der Waals surface area contributed by atoms with E-state index in [-0.39, 0.29) is 19.1 Å². The van der Waals surface area contributed by atoms with E-state index in [1.807, 2.05) is 27.2 Å². The quantitative estimate of drug-likeness (QED) is 0.0243. The van der Waals surface area contributed by atoms with Crippen LogP contribution in [0.2, 0.25) is 0 Å². The van der Waals surface area contributed by atoms with E-state index in [1.165, 1.54) is 148 Å². The number of phosphoric ester groups is 1. The maximum Gasteiger partial charge on any atom is 0.472 e. The Balaban J connectivity index is 4.24. The number of nitrogens with one attached hydrogen (secondary N) is 1. The first kappa shape index (κ1) is 79.6. The maximum absolute atomic E-state index is 13.0. The predicted molar refractivity (Wildman–Crippen MR) is 364 cm³/mol. The number of aliphatic hydroxyl groups is 1. The second kappa shape index (κ2) is 63.2. The number of unbranched alkanes of at least 4 members (excludes halogenated alkanes) is 28. The highest BCUT2D eigenvalue weighted by Gasteiger charge is 2.27. The van der Waals surface area contributed by atoms with Crippen molar-refractivity contribution in [1.82, 2.24) is 5.32 Å². The highest BCUT2D eigenvalue weighted by Crippen LogP contribution is 2.43. The number of likely N-dealkylation sites (N-methyl/N-ethyl adjacent to an activating group) is 1. The van der Waals surface area contributed by atoms with E-state index in [2.05, 4.69) is 141 Å². The Morgan fingerprint density at radius 2 is 0.735 bits per heavy atom. The van der Waals surface area contributed by atoms with Gasteiger partial charge in [-0.3, -0.25) is 13.8 Å². The Morgan fingerprint density at radius 1 is 0.422 bits per heavy atom. The molecule has 476 valence electrons. The van der Waals surface area contributed by atoms with Gasteiger partial charge < -0.3 is 19.8 Å². The minimum absolute atomic E-state index is 0.0449. The third kappa shape index (κ3) is 66.0. The predicted octanol–water partition coefficient (Wildman–Crippen LogP) is 21.8. The fourth-order valence-electron chi connectivity index (χ4n) is 9.33. The van der Waals surface area contributed by atoms with Crippen molar-refractivity contribution >= 4 is 13.7 Å². The number of carbonyl (C=O) groups excluding carboxylic acids is 1. The van der Waals surface area contributed by atoms with Crippen LogP contribution in [-0.2, 0) is 18.4 Å². The van der Waals surface area contributed by atoms with Crippen molar-refractivity contribution in [3.05, 3.63) is 134 Å². The Morgan fingerprint density at radius 3 is 1.11 bits per heavy atom. The first-order valence-electron chi connectivity index (χ1n) is 34.1. The summed E-state index contributed by atoms with van der Waals surface area (Å²) in [5.41, 5.74) is 0. The highest BCUT2D eigenvalue weighted by atomic mass is 31.2. The monoisotopic (exact) mass is 1170 g/mol. The van der Waals surface area contributed by atoms with Gasteiger partial charge in [0.1, 0.15) is 13.2 Å². The van der Waals surface area contributed by atoms with Gasteiger partial charge in [-0.05, 0) is 109 Å². The van der Waals surface area contributed by atoms with Crippen LogP contribution in [0.5, 0.6) is 0 Å². The number of carbonyl (C=O) groups is 1. The van der Waals surface area contributed by atoms with E-state index in [9.17, 15) is 19.4 Å². The lowest BCUT2D eigenvalue weighted by atomic mass is 10.0. The largest absolute Gasteiger partial charge is 0.472 e. The molecule has 0 rings (SSSR count). The average Bonchev–Trinajstić information content (AvgIpc) is 3.49. The van der Waals surface area contributed by atoms with Gasteiger partial charge in [-0.2, -0.15) is 0 Å². The number of allylic oxidation sites excluding steroid dienone is 21. The lowest BCUT2D eigenvalue weighted by molar-refractivity contribution is -0.870. The molecule has 3 atom stereocenters. The summed E-state index contributed by atoms with van der Waals surface area (Å²) < 4.78 is 23.8. The number of rotatable bonds is 61. The van der Waals surface area contributed by atoms with Crippen LogP contribution >= 0.6 is 7.82 Å². The Bertz CT molecular complexity index is 1810. The van der Waals surface area contributed by atoms with Gasteiger partial charge in [-0.15, -0.1) is 0 Å². The van der Waals surface area contributed by atoms with Crippen LogP contribution in [0, 0.1) is 0 Å². The van der Waals surface area contributed by atoms with E-state index in [1.54, 1.807) is 6.08 Å². The summed E-state index contributed by atoms with van der Waals surface area (Å²) >= 11 is 0. The summed E-state index contributed by atoms with van der Waals surface area (Å²) in [6.45, 7) is 4.67. The molecular formula is C74H130N2O6P+. The third-order valence-electron chi connectivity index (χ3n) is 14.6. The van der Waals surface area contributed by atoms with Gasteiger partial charge in [0.25, 0.3) is 0 Å². The third-order valence-corrected chi connectivity index (χ3v) is 15.6.